The molecule has 0 aliphatic heterocycles. The third kappa shape index (κ3) is 5.00. The number of hydrogen-bond donors (Lipinski definition) is 3. The number of aliphatic hydroxyl groups is 1. The Morgan fingerprint density at radius 3 is 2.65 bits per heavy atom. The number of nitrogens with one attached hydrogen (secondary N) is 2. The van der Waals surface area contributed by atoms with Gasteiger partial charge in [0.15, 0.2) is 0 Å². The third-order valence-corrected chi connectivity index (χ3v) is 3.83. The van der Waals surface area contributed by atoms with Gasteiger partial charge in [-0.25, -0.2) is 4.98 Å². The van der Waals surface area contributed by atoms with Crippen LogP contribution in [0.5, 0.6) is 0 Å². The third-order valence-electron chi connectivity index (χ3n) is 3.83. The van der Waals surface area contributed by atoms with Crippen molar-refractivity contribution >= 4 is 11.8 Å². The lowest BCUT2D eigenvalue weighted by molar-refractivity contribution is 0.292. The summed E-state index contributed by atoms with van der Waals surface area (Å²) in [5.74, 6) is 1.25. The molecule has 6 nitrogen and oxygen atoms in total. The maximum atomic E-state index is 8.96. The van der Waals surface area contributed by atoms with Crippen LogP contribution in [0, 0.1) is 6.92 Å². The summed E-state index contributed by atoms with van der Waals surface area (Å²) in [7, 11) is 0. The van der Waals surface area contributed by atoms with Gasteiger partial charge in [0.25, 0.3) is 0 Å². The molecule has 2 aromatic heterocycles. The molecule has 0 aliphatic carbocycles. The van der Waals surface area contributed by atoms with E-state index in [4.69, 9.17) is 5.11 Å². The lowest BCUT2D eigenvalue weighted by atomic mass is 10.1. The van der Waals surface area contributed by atoms with Crippen molar-refractivity contribution in [1.82, 2.24) is 15.0 Å². The second kappa shape index (κ2) is 8.92. The van der Waals surface area contributed by atoms with E-state index in [1.54, 1.807) is 6.20 Å². The highest BCUT2D eigenvalue weighted by molar-refractivity contribution is 5.61. The van der Waals surface area contributed by atoms with Gasteiger partial charge in [-0.15, -0.1) is 0 Å². The summed E-state index contributed by atoms with van der Waals surface area (Å²) in [5.41, 5.74) is 3.96. The van der Waals surface area contributed by atoms with Gasteiger partial charge in [-0.2, -0.15) is 4.98 Å². The van der Waals surface area contributed by atoms with Crippen molar-refractivity contribution in [3.63, 3.8) is 0 Å². The standard InChI is InChI=1S/C20H23N5O/c1-15-6-4-7-16(12-15)14-23-19-13-18(17-8-2-3-9-21-17)24-20(25-19)22-10-5-11-26/h2-4,6-9,12-13,26H,5,10-11,14H2,1H3,(H2,22,23,24,25). The molecule has 0 unspecified atom stereocenters. The predicted molar refractivity (Wildman–Crippen MR) is 104 cm³/mol. The highest BCUT2D eigenvalue weighted by atomic mass is 16.3. The minimum atomic E-state index is 0.130. The number of rotatable bonds is 8. The Balaban J connectivity index is 1.81. The van der Waals surface area contributed by atoms with Gasteiger partial charge in [0.1, 0.15) is 5.82 Å². The SMILES string of the molecule is Cc1cccc(CNc2cc(-c3ccccn3)nc(NCCCO)n2)c1. The van der Waals surface area contributed by atoms with Crippen LogP contribution in [0.15, 0.2) is 54.7 Å². The molecular formula is C20H23N5O. The molecular weight excluding hydrogens is 326 g/mol. The summed E-state index contributed by atoms with van der Waals surface area (Å²) < 4.78 is 0. The number of benzene rings is 1. The number of aryl methyl sites for hydroxylation is 1. The van der Waals surface area contributed by atoms with E-state index in [9.17, 15) is 0 Å². The lowest BCUT2D eigenvalue weighted by Crippen LogP contribution is -2.10. The highest BCUT2D eigenvalue weighted by Gasteiger charge is 2.08. The maximum Gasteiger partial charge on any atom is 0.225 e. The van der Waals surface area contributed by atoms with Crippen molar-refractivity contribution in [3.8, 4) is 11.4 Å². The normalized spacial score (nSPS) is 10.5. The first-order chi connectivity index (χ1) is 12.7. The van der Waals surface area contributed by atoms with E-state index in [1.807, 2.05) is 30.3 Å². The van der Waals surface area contributed by atoms with Crippen LogP contribution in [0.2, 0.25) is 0 Å². The van der Waals surface area contributed by atoms with E-state index in [0.717, 1.165) is 17.2 Å². The fourth-order valence-corrected chi connectivity index (χ4v) is 2.56. The molecule has 6 heteroatoms. The van der Waals surface area contributed by atoms with Crippen LogP contribution in [-0.2, 0) is 6.54 Å². The Bertz CT molecular complexity index is 839. The van der Waals surface area contributed by atoms with Gasteiger partial charge in [0.2, 0.25) is 5.95 Å². The Labute approximate surface area is 153 Å². The van der Waals surface area contributed by atoms with Gasteiger partial charge >= 0.3 is 0 Å². The molecule has 0 atom stereocenters. The van der Waals surface area contributed by atoms with Crippen LogP contribution < -0.4 is 10.6 Å². The molecule has 2 heterocycles. The second-order valence-electron chi connectivity index (χ2n) is 6.02. The second-order valence-corrected chi connectivity index (χ2v) is 6.02. The fraction of sp³-hybridized carbons (Fsp3) is 0.250. The lowest BCUT2D eigenvalue weighted by Gasteiger charge is -2.11. The smallest absolute Gasteiger partial charge is 0.225 e. The van der Waals surface area contributed by atoms with Gasteiger partial charge in [0.05, 0.1) is 11.4 Å². The number of aromatic nitrogens is 3. The monoisotopic (exact) mass is 349 g/mol. The van der Waals surface area contributed by atoms with Crippen molar-refractivity contribution in [2.24, 2.45) is 0 Å². The number of anilines is 2. The topological polar surface area (TPSA) is 83.0 Å². The molecule has 26 heavy (non-hydrogen) atoms. The summed E-state index contributed by atoms with van der Waals surface area (Å²) >= 11 is 0. The van der Waals surface area contributed by atoms with E-state index < -0.39 is 0 Å². The van der Waals surface area contributed by atoms with Crippen molar-refractivity contribution in [2.45, 2.75) is 19.9 Å². The van der Waals surface area contributed by atoms with Crippen LogP contribution >= 0.6 is 0 Å². The Morgan fingerprint density at radius 1 is 0.962 bits per heavy atom. The van der Waals surface area contributed by atoms with Crippen molar-refractivity contribution in [2.75, 3.05) is 23.8 Å². The van der Waals surface area contributed by atoms with Crippen LogP contribution in [0.4, 0.5) is 11.8 Å². The Morgan fingerprint density at radius 2 is 1.88 bits per heavy atom. The molecule has 0 saturated carbocycles. The summed E-state index contributed by atoms with van der Waals surface area (Å²) in [4.78, 5) is 13.4. The van der Waals surface area contributed by atoms with E-state index in [0.29, 0.717) is 25.5 Å². The maximum absolute atomic E-state index is 8.96. The van der Waals surface area contributed by atoms with Gasteiger partial charge in [-0.05, 0) is 31.0 Å². The summed E-state index contributed by atoms with van der Waals surface area (Å²) in [5, 5.41) is 15.5. The molecule has 0 radical (unpaired) electrons. The van der Waals surface area contributed by atoms with Gasteiger partial charge in [0, 0.05) is 32.0 Å². The van der Waals surface area contributed by atoms with Gasteiger partial charge in [-0.1, -0.05) is 35.9 Å². The Hall–Kier alpha value is -2.99. The molecule has 134 valence electrons. The zero-order chi connectivity index (χ0) is 18.2. The fourth-order valence-electron chi connectivity index (χ4n) is 2.56. The minimum Gasteiger partial charge on any atom is -0.396 e. The Kier molecular flexibility index (Phi) is 6.11. The van der Waals surface area contributed by atoms with Gasteiger partial charge < -0.3 is 15.7 Å². The number of pyridine rings is 1. The molecule has 0 saturated heterocycles. The van der Waals surface area contributed by atoms with Gasteiger partial charge in [-0.3, -0.25) is 4.98 Å². The van der Waals surface area contributed by atoms with Crippen LogP contribution in [0.25, 0.3) is 11.4 Å². The van der Waals surface area contributed by atoms with E-state index >= 15 is 0 Å². The molecule has 0 aliphatic rings. The largest absolute Gasteiger partial charge is 0.396 e. The molecule has 1 aromatic carbocycles. The molecule has 3 N–H and O–H groups in total. The average molecular weight is 349 g/mol. The van der Waals surface area contributed by atoms with Crippen LogP contribution in [-0.4, -0.2) is 33.2 Å². The molecule has 0 fully saturated rings. The quantitative estimate of drug-likeness (QED) is 0.542. The van der Waals surface area contributed by atoms with Crippen molar-refractivity contribution in [1.29, 1.82) is 0 Å². The van der Waals surface area contributed by atoms with E-state index in [-0.39, 0.29) is 6.61 Å². The zero-order valence-corrected chi connectivity index (χ0v) is 14.8. The zero-order valence-electron chi connectivity index (χ0n) is 14.8. The molecule has 0 amide bonds. The van der Waals surface area contributed by atoms with Crippen molar-refractivity contribution in [3.05, 3.63) is 65.9 Å². The van der Waals surface area contributed by atoms with E-state index in [1.165, 1.54) is 11.1 Å². The first-order valence-corrected chi connectivity index (χ1v) is 8.69. The average Bonchev–Trinajstić information content (AvgIpc) is 2.67. The number of aliphatic hydroxyl groups excluding tert-OH is 1. The van der Waals surface area contributed by atoms with Crippen molar-refractivity contribution < 1.29 is 5.11 Å². The summed E-state index contributed by atoms with van der Waals surface area (Å²) in [6, 6.07) is 16.0. The van der Waals surface area contributed by atoms with E-state index in [2.05, 4.69) is 50.7 Å². The first-order valence-electron chi connectivity index (χ1n) is 8.69. The minimum absolute atomic E-state index is 0.130. The number of nitrogens with zero attached hydrogens (tertiary/aromatic N) is 3. The summed E-state index contributed by atoms with van der Waals surface area (Å²) in [6.07, 6.45) is 2.39. The molecule has 0 bridgehead atoms. The summed E-state index contributed by atoms with van der Waals surface area (Å²) in [6.45, 7) is 3.50. The molecule has 3 rings (SSSR count). The predicted octanol–water partition coefficient (Wildman–Crippen LogP) is 3.25. The van der Waals surface area contributed by atoms with Crippen LogP contribution in [0.3, 0.4) is 0 Å². The molecule has 3 aromatic rings. The highest BCUT2D eigenvalue weighted by Crippen LogP contribution is 2.20. The number of hydrogen-bond acceptors (Lipinski definition) is 6. The van der Waals surface area contributed by atoms with Crippen LogP contribution in [0.1, 0.15) is 17.5 Å². The first kappa shape index (κ1) is 17.8. The molecule has 0 spiro atoms.